The summed E-state index contributed by atoms with van der Waals surface area (Å²) in [5.41, 5.74) is 1.04. The normalized spacial score (nSPS) is 22.1. The van der Waals surface area contributed by atoms with Crippen LogP contribution in [0.1, 0.15) is 31.1 Å². The first-order valence-corrected chi connectivity index (χ1v) is 6.03. The molecule has 2 rings (SSSR count). The summed E-state index contributed by atoms with van der Waals surface area (Å²) in [6.45, 7) is 2.16. The summed E-state index contributed by atoms with van der Waals surface area (Å²) >= 11 is 1.75. The van der Waals surface area contributed by atoms with Gasteiger partial charge in [0.25, 0.3) is 0 Å². The molecule has 0 bridgehead atoms. The number of amides is 1. The van der Waals surface area contributed by atoms with Crippen LogP contribution in [0.25, 0.3) is 0 Å². The van der Waals surface area contributed by atoms with Crippen molar-refractivity contribution in [1.82, 2.24) is 0 Å². The third-order valence-electron chi connectivity index (χ3n) is 2.85. The van der Waals surface area contributed by atoms with Gasteiger partial charge in [0.05, 0.1) is 5.69 Å². The van der Waals surface area contributed by atoms with Gasteiger partial charge in [0.2, 0.25) is 5.91 Å². The summed E-state index contributed by atoms with van der Waals surface area (Å²) < 4.78 is 0. The van der Waals surface area contributed by atoms with Gasteiger partial charge in [-0.1, -0.05) is 13.3 Å². The predicted octanol–water partition coefficient (Wildman–Crippen LogP) is 3.05. The van der Waals surface area contributed by atoms with E-state index in [0.717, 1.165) is 24.9 Å². The summed E-state index contributed by atoms with van der Waals surface area (Å²) in [6, 6.07) is 2.00. The van der Waals surface area contributed by atoms with Crippen LogP contribution in [0.5, 0.6) is 0 Å². The molecule has 0 aromatic carbocycles. The van der Waals surface area contributed by atoms with Crippen molar-refractivity contribution >= 4 is 22.9 Å². The number of hydrogen-bond acceptors (Lipinski definition) is 2. The molecule has 3 heteroatoms. The molecule has 0 saturated carbocycles. The van der Waals surface area contributed by atoms with Gasteiger partial charge in [0.15, 0.2) is 0 Å². The highest BCUT2D eigenvalue weighted by atomic mass is 32.1. The smallest absolute Gasteiger partial charge is 0.224 e. The lowest BCUT2D eigenvalue weighted by atomic mass is 9.94. The van der Waals surface area contributed by atoms with Gasteiger partial charge < -0.3 is 5.32 Å². The van der Waals surface area contributed by atoms with E-state index in [1.807, 2.05) is 6.07 Å². The highest BCUT2D eigenvalue weighted by molar-refractivity contribution is 7.10. The summed E-state index contributed by atoms with van der Waals surface area (Å²) in [5, 5.41) is 5.03. The first kappa shape index (κ1) is 9.71. The molecule has 1 atom stereocenters. The molecule has 2 nitrogen and oxygen atoms in total. The molecule has 0 saturated heterocycles. The molecule has 1 amide bonds. The maximum Gasteiger partial charge on any atom is 0.224 e. The topological polar surface area (TPSA) is 29.1 Å². The van der Waals surface area contributed by atoms with E-state index in [-0.39, 0.29) is 5.91 Å². The lowest BCUT2D eigenvalue weighted by Gasteiger charge is -2.18. The van der Waals surface area contributed by atoms with Crippen LogP contribution in [-0.2, 0) is 11.2 Å². The molecule has 0 fully saturated rings. The molecule has 14 heavy (non-hydrogen) atoms. The zero-order valence-electron chi connectivity index (χ0n) is 8.38. The fourth-order valence-corrected chi connectivity index (χ4v) is 2.74. The Morgan fingerprint density at radius 2 is 2.50 bits per heavy atom. The van der Waals surface area contributed by atoms with Gasteiger partial charge in [-0.05, 0) is 30.2 Å². The Labute approximate surface area is 88.3 Å². The number of anilines is 1. The van der Waals surface area contributed by atoms with Crippen molar-refractivity contribution in [2.45, 2.75) is 32.6 Å². The molecule has 0 radical (unpaired) electrons. The number of hydrogen-bond donors (Lipinski definition) is 1. The van der Waals surface area contributed by atoms with Crippen molar-refractivity contribution in [3.05, 3.63) is 16.3 Å². The third-order valence-corrected chi connectivity index (χ3v) is 3.83. The first-order valence-electron chi connectivity index (χ1n) is 5.15. The molecule has 0 spiro atoms. The minimum Gasteiger partial charge on any atom is -0.325 e. The lowest BCUT2D eigenvalue weighted by Crippen LogP contribution is -2.19. The van der Waals surface area contributed by atoms with Gasteiger partial charge in [0.1, 0.15) is 0 Å². The van der Waals surface area contributed by atoms with Crippen molar-refractivity contribution in [3.8, 4) is 0 Å². The van der Waals surface area contributed by atoms with Gasteiger partial charge in [-0.3, -0.25) is 4.79 Å². The largest absolute Gasteiger partial charge is 0.325 e. The van der Waals surface area contributed by atoms with Crippen molar-refractivity contribution < 1.29 is 4.79 Å². The maximum absolute atomic E-state index is 11.6. The minimum absolute atomic E-state index is 0.177. The van der Waals surface area contributed by atoms with Gasteiger partial charge >= 0.3 is 0 Å². The van der Waals surface area contributed by atoms with E-state index in [1.54, 1.807) is 11.3 Å². The van der Waals surface area contributed by atoms with Crippen LogP contribution in [0.15, 0.2) is 11.4 Å². The van der Waals surface area contributed by atoms with Crippen LogP contribution in [0, 0.1) is 5.92 Å². The Bertz CT molecular complexity index is 332. The van der Waals surface area contributed by atoms with Crippen LogP contribution in [0.2, 0.25) is 0 Å². The molecular formula is C11H15NOS. The Kier molecular flexibility index (Phi) is 2.87. The number of carbonyl (C=O) groups excluding carboxylic acids is 1. The van der Waals surface area contributed by atoms with Gasteiger partial charge in [-0.2, -0.15) is 0 Å². The second-order valence-corrected chi connectivity index (χ2v) is 4.82. The lowest BCUT2D eigenvalue weighted by molar-refractivity contribution is -0.117. The maximum atomic E-state index is 11.6. The fraction of sp³-hybridized carbons (Fsp3) is 0.545. The Balaban J connectivity index is 2.18. The zero-order valence-corrected chi connectivity index (χ0v) is 9.19. The summed E-state index contributed by atoms with van der Waals surface area (Å²) in [4.78, 5) is 12.9. The number of fused-ring (bicyclic) bond motifs is 1. The van der Waals surface area contributed by atoms with E-state index in [4.69, 9.17) is 0 Å². The van der Waals surface area contributed by atoms with Crippen LogP contribution < -0.4 is 5.32 Å². The highest BCUT2D eigenvalue weighted by Crippen LogP contribution is 2.29. The van der Waals surface area contributed by atoms with Crippen LogP contribution in [0.4, 0.5) is 5.69 Å². The highest BCUT2D eigenvalue weighted by Gasteiger charge is 2.18. The number of thiophene rings is 1. The molecule has 2 heterocycles. The number of nitrogens with one attached hydrogen (secondary N) is 1. The molecular weight excluding hydrogens is 194 g/mol. The van der Waals surface area contributed by atoms with Crippen molar-refractivity contribution in [1.29, 1.82) is 0 Å². The van der Waals surface area contributed by atoms with Crippen molar-refractivity contribution in [2.24, 2.45) is 5.92 Å². The van der Waals surface area contributed by atoms with E-state index < -0.39 is 0 Å². The monoisotopic (exact) mass is 209 g/mol. The first-order chi connectivity index (χ1) is 6.79. The Morgan fingerprint density at radius 3 is 3.29 bits per heavy atom. The molecule has 76 valence electrons. The molecule has 1 unspecified atom stereocenters. The summed E-state index contributed by atoms with van der Waals surface area (Å²) in [6.07, 6.45) is 4.06. The van der Waals surface area contributed by atoms with Crippen molar-refractivity contribution in [3.63, 3.8) is 0 Å². The quantitative estimate of drug-likeness (QED) is 0.756. The van der Waals surface area contributed by atoms with Crippen molar-refractivity contribution in [2.75, 3.05) is 5.32 Å². The van der Waals surface area contributed by atoms with E-state index in [0.29, 0.717) is 12.3 Å². The van der Waals surface area contributed by atoms with Crippen LogP contribution >= 0.6 is 11.3 Å². The van der Waals surface area contributed by atoms with E-state index in [9.17, 15) is 4.79 Å². The molecule has 0 aliphatic carbocycles. The average molecular weight is 209 g/mol. The van der Waals surface area contributed by atoms with Gasteiger partial charge in [0, 0.05) is 11.3 Å². The molecule has 1 N–H and O–H groups in total. The Hall–Kier alpha value is -0.830. The van der Waals surface area contributed by atoms with Crippen LogP contribution in [0.3, 0.4) is 0 Å². The molecule has 1 aliphatic heterocycles. The summed E-state index contributed by atoms with van der Waals surface area (Å²) in [7, 11) is 0. The summed E-state index contributed by atoms with van der Waals surface area (Å²) in [5.74, 6) is 0.737. The van der Waals surface area contributed by atoms with E-state index >= 15 is 0 Å². The standard InChI is InChI=1S/C11H15NOS/c1-2-8-3-4-10-9(5-6-14-10)12-11(13)7-8/h5-6,8H,2-4,7H2,1H3,(H,12,13). The zero-order chi connectivity index (χ0) is 9.97. The SMILES string of the molecule is CCC1CCc2sccc2NC(=O)C1. The second kappa shape index (κ2) is 4.13. The van der Waals surface area contributed by atoms with Gasteiger partial charge in [-0.25, -0.2) is 0 Å². The molecule has 1 aliphatic rings. The molecule has 1 aromatic rings. The van der Waals surface area contributed by atoms with Gasteiger partial charge in [-0.15, -0.1) is 11.3 Å². The average Bonchev–Trinajstić information content (AvgIpc) is 2.56. The number of carbonyl (C=O) groups is 1. The van der Waals surface area contributed by atoms with E-state index in [1.165, 1.54) is 4.88 Å². The second-order valence-electron chi connectivity index (χ2n) is 3.82. The number of rotatable bonds is 1. The number of aryl methyl sites for hydroxylation is 1. The fourth-order valence-electron chi connectivity index (χ4n) is 1.89. The van der Waals surface area contributed by atoms with Crippen LogP contribution in [-0.4, -0.2) is 5.91 Å². The third kappa shape index (κ3) is 1.98. The minimum atomic E-state index is 0.177. The predicted molar refractivity (Wildman–Crippen MR) is 59.7 cm³/mol. The molecule has 1 aromatic heterocycles. The van der Waals surface area contributed by atoms with E-state index in [2.05, 4.69) is 17.6 Å². The Morgan fingerprint density at radius 1 is 1.64 bits per heavy atom.